The molecule has 3 rings (SSSR count). The van der Waals surface area contributed by atoms with E-state index >= 15 is 0 Å². The zero-order valence-corrected chi connectivity index (χ0v) is 14.5. The Balaban J connectivity index is 2.24. The van der Waals surface area contributed by atoms with Crippen LogP contribution in [0.5, 0.6) is 0 Å². The summed E-state index contributed by atoms with van der Waals surface area (Å²) >= 11 is 6.12. The second kappa shape index (κ2) is 6.31. The number of thiocarbonyl (C=S) groups is 1. The molecule has 0 saturated heterocycles. The molecule has 6 heteroatoms. The topological polar surface area (TPSA) is 72.8 Å². The van der Waals surface area contributed by atoms with Crippen molar-refractivity contribution in [2.45, 2.75) is 13.8 Å². The molecule has 0 fully saturated rings. The van der Waals surface area contributed by atoms with Gasteiger partial charge in [0, 0.05) is 5.56 Å². The van der Waals surface area contributed by atoms with Gasteiger partial charge in [-0.1, -0.05) is 0 Å². The Kier molecular flexibility index (Phi) is 4.20. The van der Waals surface area contributed by atoms with E-state index in [-0.39, 0.29) is 0 Å². The molecular weight excluding hydrogens is 336 g/mol. The van der Waals surface area contributed by atoms with E-state index < -0.39 is 0 Å². The van der Waals surface area contributed by atoms with Crippen molar-refractivity contribution in [3.05, 3.63) is 46.5 Å². The maximum Gasteiger partial charge on any atom is 0.124 e. The number of nitrogens with zero attached hydrogens (tertiary/aromatic N) is 4. The summed E-state index contributed by atoms with van der Waals surface area (Å²) < 4.78 is 0.944. The SMILES string of the molecule is Cc1c(C#N)c(C#N)c(C)c2sc(-c3ccc(N=C=S)cc3)nc12. The van der Waals surface area contributed by atoms with Crippen molar-refractivity contribution in [3.8, 4) is 22.7 Å². The monoisotopic (exact) mass is 346 g/mol. The lowest BCUT2D eigenvalue weighted by Crippen LogP contribution is -1.94. The molecule has 0 bridgehead atoms. The molecule has 1 heterocycles. The first-order valence-electron chi connectivity index (χ1n) is 7.03. The molecule has 0 aliphatic rings. The Bertz CT molecular complexity index is 1030. The Morgan fingerprint density at radius 3 is 2.25 bits per heavy atom. The van der Waals surface area contributed by atoms with Gasteiger partial charge in [0.1, 0.15) is 17.1 Å². The summed E-state index contributed by atoms with van der Waals surface area (Å²) in [6, 6.07) is 11.8. The minimum Gasteiger partial charge on any atom is -0.236 e. The third kappa shape index (κ3) is 2.50. The number of benzene rings is 2. The van der Waals surface area contributed by atoms with Crippen LogP contribution in [0.3, 0.4) is 0 Å². The van der Waals surface area contributed by atoms with Gasteiger partial charge in [0.15, 0.2) is 0 Å². The highest BCUT2D eigenvalue weighted by molar-refractivity contribution is 7.78. The summed E-state index contributed by atoms with van der Waals surface area (Å²) in [4.78, 5) is 8.63. The summed E-state index contributed by atoms with van der Waals surface area (Å²) in [7, 11) is 0. The van der Waals surface area contributed by atoms with Crippen molar-refractivity contribution >= 4 is 44.6 Å². The summed E-state index contributed by atoms with van der Waals surface area (Å²) in [5.74, 6) is 0. The molecule has 0 spiro atoms. The molecule has 2 aromatic carbocycles. The summed E-state index contributed by atoms with van der Waals surface area (Å²) in [6.07, 6.45) is 0. The second-order valence-electron chi connectivity index (χ2n) is 5.17. The quantitative estimate of drug-likeness (QED) is 0.480. The average molecular weight is 346 g/mol. The molecule has 0 aliphatic carbocycles. The first-order chi connectivity index (χ1) is 11.6. The highest BCUT2D eigenvalue weighted by atomic mass is 32.1. The van der Waals surface area contributed by atoms with E-state index in [9.17, 15) is 10.5 Å². The van der Waals surface area contributed by atoms with Crippen molar-refractivity contribution in [2.75, 3.05) is 0 Å². The number of aryl methyl sites for hydroxylation is 2. The fourth-order valence-corrected chi connectivity index (χ4v) is 3.81. The zero-order chi connectivity index (χ0) is 17.3. The number of hydrogen-bond donors (Lipinski definition) is 0. The van der Waals surface area contributed by atoms with Gasteiger partial charge in [-0.05, 0) is 61.5 Å². The van der Waals surface area contributed by atoms with Gasteiger partial charge in [-0.3, -0.25) is 0 Å². The minimum atomic E-state index is 0.407. The van der Waals surface area contributed by atoms with E-state index in [0.29, 0.717) is 11.1 Å². The largest absolute Gasteiger partial charge is 0.236 e. The van der Waals surface area contributed by atoms with Crippen LogP contribution < -0.4 is 0 Å². The molecule has 1 aromatic heterocycles. The van der Waals surface area contributed by atoms with Gasteiger partial charge in [0.2, 0.25) is 0 Å². The van der Waals surface area contributed by atoms with Gasteiger partial charge in [-0.15, -0.1) is 11.3 Å². The number of nitriles is 2. The van der Waals surface area contributed by atoms with Crippen molar-refractivity contribution in [1.82, 2.24) is 4.98 Å². The molecule has 0 saturated carbocycles. The van der Waals surface area contributed by atoms with E-state index in [2.05, 4.69) is 34.5 Å². The summed E-state index contributed by atoms with van der Waals surface area (Å²) in [5, 5.41) is 21.9. The molecule has 3 aromatic rings. The van der Waals surface area contributed by atoms with E-state index in [1.807, 2.05) is 38.1 Å². The first-order valence-corrected chi connectivity index (χ1v) is 8.25. The van der Waals surface area contributed by atoms with Crippen LogP contribution in [-0.4, -0.2) is 10.1 Å². The summed E-state index contributed by atoms with van der Waals surface area (Å²) in [5.41, 5.74) is 4.87. The van der Waals surface area contributed by atoms with Crippen LogP contribution in [0.2, 0.25) is 0 Å². The van der Waals surface area contributed by atoms with Crippen molar-refractivity contribution < 1.29 is 0 Å². The summed E-state index contributed by atoms with van der Waals surface area (Å²) in [6.45, 7) is 3.70. The van der Waals surface area contributed by atoms with Crippen molar-refractivity contribution in [3.63, 3.8) is 0 Å². The Morgan fingerprint density at radius 2 is 1.67 bits per heavy atom. The third-order valence-corrected chi connectivity index (χ3v) is 5.15. The fourth-order valence-electron chi connectivity index (χ4n) is 2.57. The maximum absolute atomic E-state index is 9.38. The van der Waals surface area contributed by atoms with Crippen LogP contribution >= 0.6 is 23.6 Å². The zero-order valence-electron chi connectivity index (χ0n) is 12.9. The lowest BCUT2D eigenvalue weighted by molar-refractivity contribution is 1.33. The van der Waals surface area contributed by atoms with Crippen LogP contribution in [0, 0.1) is 36.5 Å². The number of aliphatic imine (C=N–C) groups is 1. The van der Waals surface area contributed by atoms with Gasteiger partial charge in [-0.2, -0.15) is 15.5 Å². The Morgan fingerprint density at radius 1 is 1.04 bits per heavy atom. The predicted molar refractivity (Wildman–Crippen MR) is 98.6 cm³/mol. The van der Waals surface area contributed by atoms with Crippen molar-refractivity contribution in [2.24, 2.45) is 4.99 Å². The number of hydrogen-bond acceptors (Lipinski definition) is 6. The fraction of sp³-hybridized carbons (Fsp3) is 0.111. The molecule has 0 radical (unpaired) electrons. The molecule has 4 nitrogen and oxygen atoms in total. The van der Waals surface area contributed by atoms with Crippen LogP contribution in [-0.2, 0) is 0 Å². The van der Waals surface area contributed by atoms with Crippen LogP contribution in [0.15, 0.2) is 29.3 Å². The molecule has 114 valence electrons. The van der Waals surface area contributed by atoms with Crippen LogP contribution in [0.25, 0.3) is 20.8 Å². The van der Waals surface area contributed by atoms with E-state index in [0.717, 1.165) is 37.6 Å². The van der Waals surface area contributed by atoms with Gasteiger partial charge in [-0.25, -0.2) is 4.98 Å². The van der Waals surface area contributed by atoms with Gasteiger partial charge in [0.05, 0.1) is 32.2 Å². The highest BCUT2D eigenvalue weighted by Crippen LogP contribution is 2.37. The maximum atomic E-state index is 9.38. The number of aromatic nitrogens is 1. The lowest BCUT2D eigenvalue weighted by Gasteiger charge is -2.05. The van der Waals surface area contributed by atoms with Gasteiger partial charge in [0.25, 0.3) is 0 Å². The first kappa shape index (κ1) is 16.0. The molecule has 0 unspecified atom stereocenters. The molecule has 0 amide bonds. The Labute approximate surface area is 148 Å². The standard InChI is InChI=1S/C18H10N4S2/c1-10-14(7-19)15(8-20)11(2)17-16(10)22-18(24-17)12-3-5-13(6-4-12)21-9-23/h3-6H,1-2H3. The van der Waals surface area contributed by atoms with Gasteiger partial charge >= 0.3 is 0 Å². The minimum absolute atomic E-state index is 0.407. The van der Waals surface area contributed by atoms with Crippen LogP contribution in [0.1, 0.15) is 22.3 Å². The Hall–Kier alpha value is -2.89. The number of thiazole rings is 1. The van der Waals surface area contributed by atoms with E-state index in [1.54, 1.807) is 0 Å². The van der Waals surface area contributed by atoms with E-state index in [4.69, 9.17) is 4.98 Å². The molecule has 0 N–H and O–H groups in total. The molecule has 0 atom stereocenters. The molecule has 24 heavy (non-hydrogen) atoms. The smallest absolute Gasteiger partial charge is 0.124 e. The normalized spacial score (nSPS) is 10.0. The van der Waals surface area contributed by atoms with Crippen molar-refractivity contribution in [1.29, 1.82) is 10.5 Å². The lowest BCUT2D eigenvalue weighted by atomic mass is 9.98. The third-order valence-electron chi connectivity index (χ3n) is 3.84. The number of rotatable bonds is 2. The predicted octanol–water partition coefficient (Wildman–Crippen LogP) is 5.06. The number of isothiocyanates is 1. The van der Waals surface area contributed by atoms with Crippen LogP contribution in [0.4, 0.5) is 5.69 Å². The van der Waals surface area contributed by atoms with E-state index in [1.165, 1.54) is 11.3 Å². The second-order valence-corrected chi connectivity index (χ2v) is 6.35. The van der Waals surface area contributed by atoms with Gasteiger partial charge < -0.3 is 0 Å². The highest BCUT2D eigenvalue weighted by Gasteiger charge is 2.18. The average Bonchev–Trinajstić information content (AvgIpc) is 3.04. The molecular formula is C18H10N4S2. The molecule has 0 aliphatic heterocycles. The number of fused-ring (bicyclic) bond motifs is 1.